The number of hydrogen-bond acceptors (Lipinski definition) is 4. The predicted octanol–water partition coefficient (Wildman–Crippen LogP) is 3.73. The number of hydrogen-bond donors (Lipinski definition) is 2. The topological polar surface area (TPSA) is 84.9 Å². The molecule has 0 unspecified atom stereocenters. The third-order valence-electron chi connectivity index (χ3n) is 4.66. The Hall–Kier alpha value is -2.83. The Morgan fingerprint density at radius 1 is 0.926 bits per heavy atom. The first kappa shape index (κ1) is 17.6. The Bertz CT molecular complexity index is 894. The number of anilines is 1. The largest absolute Gasteiger partial charge is 0.481 e. The maximum Gasteiger partial charge on any atom is 0.310 e. The molecule has 1 amide bonds. The monoisotopic (exact) mass is 385 g/mol. The van der Waals surface area contributed by atoms with Gasteiger partial charge in [0.15, 0.2) is 0 Å². The van der Waals surface area contributed by atoms with E-state index >= 15 is 0 Å². The lowest BCUT2D eigenvalue weighted by molar-refractivity contribution is -0.145. The number of nitrogens with one attached hydrogen (secondary N) is 1. The van der Waals surface area contributed by atoms with Gasteiger partial charge in [0.25, 0.3) is 0 Å². The number of fused-ring (bicyclic) bond motifs is 2. The van der Waals surface area contributed by atoms with Crippen molar-refractivity contribution in [2.45, 2.75) is 12.2 Å². The van der Waals surface area contributed by atoms with Gasteiger partial charge in [-0.2, -0.15) is 0 Å². The van der Waals surface area contributed by atoms with Crippen LogP contribution in [0.2, 0.25) is 5.02 Å². The number of halogens is 1. The smallest absolute Gasteiger partial charge is 0.310 e. The van der Waals surface area contributed by atoms with Crippen LogP contribution in [-0.2, 0) is 14.3 Å². The molecule has 1 fully saturated rings. The zero-order chi connectivity index (χ0) is 19.0. The van der Waals surface area contributed by atoms with E-state index in [1.54, 1.807) is 60.7 Å². The van der Waals surface area contributed by atoms with Crippen LogP contribution < -0.4 is 10.1 Å². The van der Waals surface area contributed by atoms with Crippen molar-refractivity contribution < 1.29 is 24.2 Å². The molecule has 2 N–H and O–H groups in total. The number of ether oxygens (including phenoxy) is 2. The second kappa shape index (κ2) is 7.06. The summed E-state index contributed by atoms with van der Waals surface area (Å²) in [7, 11) is 0. The second-order valence-corrected chi connectivity index (χ2v) is 6.85. The molecule has 1 saturated heterocycles. The summed E-state index contributed by atoms with van der Waals surface area (Å²) in [6.45, 7) is 0. The lowest BCUT2D eigenvalue weighted by atomic mass is 9.82. The molecule has 0 radical (unpaired) electrons. The highest BCUT2D eigenvalue weighted by Crippen LogP contribution is 2.40. The van der Waals surface area contributed by atoms with Crippen molar-refractivity contribution in [1.82, 2.24) is 0 Å². The van der Waals surface area contributed by atoms with Gasteiger partial charge in [-0.25, -0.2) is 0 Å². The van der Waals surface area contributed by atoms with E-state index in [1.807, 2.05) is 0 Å². The molecular weight excluding hydrogens is 370 g/mol. The van der Waals surface area contributed by atoms with Gasteiger partial charge in [0.1, 0.15) is 17.4 Å². The summed E-state index contributed by atoms with van der Waals surface area (Å²) in [4.78, 5) is 24.1. The molecule has 0 spiro atoms. The Labute approximate surface area is 160 Å². The fraction of sp³-hybridized carbons (Fsp3) is 0.200. The number of rotatable bonds is 5. The Kier molecular flexibility index (Phi) is 4.59. The van der Waals surface area contributed by atoms with Crippen LogP contribution in [0.3, 0.4) is 0 Å². The normalized spacial score (nSPS) is 25.4. The van der Waals surface area contributed by atoms with Crippen LogP contribution in [0.5, 0.6) is 11.5 Å². The molecule has 27 heavy (non-hydrogen) atoms. The standard InChI is InChI=1S/C20H16ClNO5/c21-11-1-5-13(6-2-11)26-14-7-3-12(4-8-14)22-19(23)17-15-9-10-16(27-15)18(17)20(24)25/h1-10,15-18H,(H,22,23)(H,24,25)/t15-,16-,17-,18-/m0/s1. The predicted molar refractivity (Wildman–Crippen MR) is 99.0 cm³/mol. The zero-order valence-electron chi connectivity index (χ0n) is 14.0. The van der Waals surface area contributed by atoms with E-state index in [1.165, 1.54) is 0 Å². The molecule has 138 valence electrons. The third-order valence-corrected chi connectivity index (χ3v) is 4.91. The molecule has 2 aliphatic rings. The lowest BCUT2D eigenvalue weighted by Gasteiger charge is -2.21. The summed E-state index contributed by atoms with van der Waals surface area (Å²) < 4.78 is 11.2. The summed E-state index contributed by atoms with van der Waals surface area (Å²) in [6, 6.07) is 13.8. The number of aliphatic carboxylic acids is 1. The van der Waals surface area contributed by atoms with Crippen molar-refractivity contribution in [1.29, 1.82) is 0 Å². The van der Waals surface area contributed by atoms with Crippen LogP contribution >= 0.6 is 11.6 Å². The van der Waals surface area contributed by atoms with Crippen molar-refractivity contribution in [2.24, 2.45) is 11.8 Å². The molecule has 0 saturated carbocycles. The van der Waals surface area contributed by atoms with Gasteiger partial charge in [0, 0.05) is 10.7 Å². The Balaban J connectivity index is 1.42. The first-order valence-electron chi connectivity index (χ1n) is 8.42. The van der Waals surface area contributed by atoms with E-state index in [9.17, 15) is 14.7 Å². The van der Waals surface area contributed by atoms with Gasteiger partial charge in [0.2, 0.25) is 5.91 Å². The molecular formula is C20H16ClNO5. The highest BCUT2D eigenvalue weighted by Gasteiger charge is 2.53. The highest BCUT2D eigenvalue weighted by molar-refractivity contribution is 6.30. The number of amides is 1. The van der Waals surface area contributed by atoms with Crippen molar-refractivity contribution in [3.8, 4) is 11.5 Å². The van der Waals surface area contributed by atoms with Gasteiger partial charge < -0.3 is 19.9 Å². The van der Waals surface area contributed by atoms with Crippen molar-refractivity contribution >= 4 is 29.2 Å². The average Bonchev–Trinajstić information content (AvgIpc) is 3.26. The van der Waals surface area contributed by atoms with E-state index in [-0.39, 0.29) is 5.91 Å². The van der Waals surface area contributed by atoms with Crippen molar-refractivity contribution in [2.75, 3.05) is 5.32 Å². The molecule has 7 heteroatoms. The molecule has 4 atom stereocenters. The lowest BCUT2D eigenvalue weighted by Crippen LogP contribution is -2.39. The summed E-state index contributed by atoms with van der Waals surface area (Å²) in [6.07, 6.45) is 2.41. The van der Waals surface area contributed by atoms with E-state index in [2.05, 4.69) is 5.32 Å². The molecule has 2 aromatic carbocycles. The first-order chi connectivity index (χ1) is 13.0. The molecule has 2 heterocycles. The number of carboxylic acid groups (broad SMARTS) is 1. The van der Waals surface area contributed by atoms with Crippen LogP contribution in [0, 0.1) is 11.8 Å². The molecule has 2 bridgehead atoms. The van der Waals surface area contributed by atoms with Gasteiger partial charge >= 0.3 is 5.97 Å². The van der Waals surface area contributed by atoms with Crippen LogP contribution in [0.25, 0.3) is 0 Å². The van der Waals surface area contributed by atoms with Gasteiger partial charge in [-0.15, -0.1) is 0 Å². The Morgan fingerprint density at radius 2 is 1.48 bits per heavy atom. The first-order valence-corrected chi connectivity index (χ1v) is 8.80. The second-order valence-electron chi connectivity index (χ2n) is 6.41. The van der Waals surface area contributed by atoms with Gasteiger partial charge in [-0.05, 0) is 48.5 Å². The fourth-order valence-corrected chi connectivity index (χ4v) is 3.51. The van der Waals surface area contributed by atoms with Crippen LogP contribution in [-0.4, -0.2) is 29.2 Å². The van der Waals surface area contributed by atoms with Gasteiger partial charge in [-0.3, -0.25) is 9.59 Å². The minimum atomic E-state index is -1.03. The maximum atomic E-state index is 12.6. The molecule has 0 aromatic heterocycles. The molecule has 2 aliphatic heterocycles. The minimum Gasteiger partial charge on any atom is -0.481 e. The molecule has 2 aromatic rings. The summed E-state index contributed by atoms with van der Waals surface area (Å²) in [5.74, 6) is -1.77. The summed E-state index contributed by atoms with van der Waals surface area (Å²) in [5, 5.41) is 12.8. The van der Waals surface area contributed by atoms with Gasteiger partial charge in [-0.1, -0.05) is 23.8 Å². The Morgan fingerprint density at radius 3 is 2.07 bits per heavy atom. The number of benzene rings is 2. The maximum absolute atomic E-state index is 12.6. The van der Waals surface area contributed by atoms with Gasteiger partial charge in [0.05, 0.1) is 18.1 Å². The summed E-state index contributed by atoms with van der Waals surface area (Å²) in [5.41, 5.74) is 0.555. The van der Waals surface area contributed by atoms with E-state index < -0.39 is 30.0 Å². The minimum absolute atomic E-state index is 0.370. The molecule has 6 nitrogen and oxygen atoms in total. The quantitative estimate of drug-likeness (QED) is 0.766. The highest BCUT2D eigenvalue weighted by atomic mass is 35.5. The average molecular weight is 386 g/mol. The SMILES string of the molecule is O=C(O)[C@@H]1[C@@H](C(=O)Nc2ccc(Oc3ccc(Cl)cc3)cc2)[C@@H]2C=C[C@@H]1O2. The molecule has 4 rings (SSSR count). The fourth-order valence-electron chi connectivity index (χ4n) is 3.39. The van der Waals surface area contributed by atoms with Crippen LogP contribution in [0.15, 0.2) is 60.7 Å². The third kappa shape index (κ3) is 3.54. The molecule has 0 aliphatic carbocycles. The number of carbonyl (C=O) groups is 2. The number of carbonyl (C=O) groups excluding carboxylic acids is 1. The van der Waals surface area contributed by atoms with Crippen molar-refractivity contribution in [3.63, 3.8) is 0 Å². The van der Waals surface area contributed by atoms with E-state index in [0.29, 0.717) is 22.2 Å². The van der Waals surface area contributed by atoms with E-state index in [4.69, 9.17) is 21.1 Å². The van der Waals surface area contributed by atoms with Crippen molar-refractivity contribution in [3.05, 3.63) is 65.7 Å². The number of carboxylic acids is 1. The van der Waals surface area contributed by atoms with Crippen LogP contribution in [0.4, 0.5) is 5.69 Å². The van der Waals surface area contributed by atoms with Crippen LogP contribution in [0.1, 0.15) is 0 Å². The summed E-state index contributed by atoms with van der Waals surface area (Å²) >= 11 is 5.85. The van der Waals surface area contributed by atoms with E-state index in [0.717, 1.165) is 0 Å². The zero-order valence-corrected chi connectivity index (χ0v) is 14.8.